The van der Waals surface area contributed by atoms with Crippen LogP contribution in [-0.4, -0.2) is 25.4 Å². The predicted molar refractivity (Wildman–Crippen MR) is 47.4 cm³/mol. The number of rotatable bonds is 3. The van der Waals surface area contributed by atoms with E-state index in [1.807, 2.05) is 0 Å². The summed E-state index contributed by atoms with van der Waals surface area (Å²) in [6.45, 7) is 1.51. The molecule has 1 rings (SSSR count). The zero-order valence-electron chi connectivity index (χ0n) is 7.10. The number of sulfone groups is 1. The van der Waals surface area contributed by atoms with Crippen LogP contribution in [0, 0.1) is 0 Å². The normalized spacial score (nSPS) is 11.2. The van der Waals surface area contributed by atoms with Crippen LogP contribution in [0.15, 0.2) is 23.4 Å². The Kier molecular flexibility index (Phi) is 2.77. The highest BCUT2D eigenvalue weighted by Crippen LogP contribution is 2.11. The van der Waals surface area contributed by atoms with Crippen molar-refractivity contribution in [2.45, 2.75) is 11.9 Å². The van der Waals surface area contributed by atoms with Crippen LogP contribution >= 0.6 is 0 Å². The van der Waals surface area contributed by atoms with Gasteiger partial charge in [-0.2, -0.15) is 0 Å². The molecule has 0 aliphatic rings. The largest absolute Gasteiger partial charge is 0.298 e. The van der Waals surface area contributed by atoms with Gasteiger partial charge in [0.1, 0.15) is 0 Å². The first kappa shape index (κ1) is 9.85. The van der Waals surface area contributed by atoms with Crippen molar-refractivity contribution in [2.24, 2.45) is 0 Å². The van der Waals surface area contributed by atoms with Crippen molar-refractivity contribution in [3.8, 4) is 0 Å². The molecule has 0 N–H and O–H groups in total. The molecular weight excluding hydrogens is 190 g/mol. The summed E-state index contributed by atoms with van der Waals surface area (Å²) in [5, 5.41) is -0.132. The molecule has 4 nitrogen and oxygen atoms in total. The molecule has 0 saturated heterocycles. The highest BCUT2D eigenvalue weighted by molar-refractivity contribution is 7.91. The Labute approximate surface area is 76.5 Å². The van der Waals surface area contributed by atoms with Crippen LogP contribution in [0.4, 0.5) is 0 Å². The molecule has 0 fully saturated rings. The van der Waals surface area contributed by atoms with Gasteiger partial charge < -0.3 is 0 Å². The van der Waals surface area contributed by atoms with Crippen molar-refractivity contribution in [3.05, 3.63) is 23.9 Å². The summed E-state index contributed by atoms with van der Waals surface area (Å²) in [4.78, 5) is 14.2. The summed E-state index contributed by atoms with van der Waals surface area (Å²) in [6.07, 6.45) is 1.85. The molecule has 5 heteroatoms. The summed E-state index contributed by atoms with van der Waals surface area (Å²) in [7, 11) is -3.38. The molecule has 0 aromatic carbocycles. The van der Waals surface area contributed by atoms with Gasteiger partial charge in [-0.25, -0.2) is 13.4 Å². The molecule has 70 valence electrons. The van der Waals surface area contributed by atoms with Gasteiger partial charge in [0.2, 0.25) is 0 Å². The van der Waals surface area contributed by atoms with Crippen LogP contribution in [0.5, 0.6) is 0 Å². The molecule has 0 aliphatic carbocycles. The van der Waals surface area contributed by atoms with E-state index in [0.717, 1.165) is 0 Å². The van der Waals surface area contributed by atoms with Crippen LogP contribution in [0.3, 0.4) is 0 Å². The van der Waals surface area contributed by atoms with Crippen molar-refractivity contribution >= 4 is 16.1 Å². The lowest BCUT2D eigenvalue weighted by atomic mass is 10.3. The first-order chi connectivity index (χ1) is 6.11. The molecule has 0 radical (unpaired) electrons. The fourth-order valence-corrected chi connectivity index (χ4v) is 1.86. The van der Waals surface area contributed by atoms with E-state index in [2.05, 4.69) is 4.98 Å². The van der Waals surface area contributed by atoms with Crippen LogP contribution in [0.25, 0.3) is 0 Å². The molecule has 1 aromatic heterocycles. The van der Waals surface area contributed by atoms with E-state index in [-0.39, 0.29) is 16.3 Å². The molecule has 0 unspecified atom stereocenters. The standard InChI is InChI=1S/C8H9NO3S/c1-2-13(11,12)8-7(6-10)4-3-5-9-8/h3-6H,2H2,1H3. The number of carbonyl (C=O) groups excluding carboxylic acids is 1. The average Bonchev–Trinajstić information content (AvgIpc) is 2.18. The lowest BCUT2D eigenvalue weighted by Gasteiger charge is -2.01. The van der Waals surface area contributed by atoms with Gasteiger partial charge in [-0.05, 0) is 12.1 Å². The summed E-state index contributed by atoms with van der Waals surface area (Å²) in [5.41, 5.74) is 0.115. The van der Waals surface area contributed by atoms with Crippen molar-refractivity contribution in [3.63, 3.8) is 0 Å². The van der Waals surface area contributed by atoms with Gasteiger partial charge in [-0.15, -0.1) is 0 Å². The molecule has 0 amide bonds. The van der Waals surface area contributed by atoms with Crippen LogP contribution in [0.1, 0.15) is 17.3 Å². The van der Waals surface area contributed by atoms with E-state index < -0.39 is 9.84 Å². The first-order valence-corrected chi connectivity index (χ1v) is 5.40. The third-order valence-electron chi connectivity index (χ3n) is 1.60. The van der Waals surface area contributed by atoms with Crippen molar-refractivity contribution in [1.29, 1.82) is 0 Å². The molecule has 0 spiro atoms. The zero-order chi connectivity index (χ0) is 9.90. The topological polar surface area (TPSA) is 64.1 Å². The Morgan fingerprint density at radius 3 is 2.77 bits per heavy atom. The van der Waals surface area contributed by atoms with E-state index in [9.17, 15) is 13.2 Å². The minimum absolute atomic E-state index is 0.0507. The van der Waals surface area contributed by atoms with Gasteiger partial charge in [0.25, 0.3) is 0 Å². The second-order valence-corrected chi connectivity index (χ2v) is 4.61. The van der Waals surface area contributed by atoms with Gasteiger partial charge in [0.15, 0.2) is 21.1 Å². The summed E-state index contributed by atoms with van der Waals surface area (Å²) >= 11 is 0. The van der Waals surface area contributed by atoms with Gasteiger partial charge in [0.05, 0.1) is 11.3 Å². The maximum absolute atomic E-state index is 11.4. The Bertz CT molecular complexity index is 411. The second kappa shape index (κ2) is 3.66. The monoisotopic (exact) mass is 199 g/mol. The number of aromatic nitrogens is 1. The third-order valence-corrected chi connectivity index (χ3v) is 3.29. The number of aldehydes is 1. The lowest BCUT2D eigenvalue weighted by molar-refractivity contribution is 0.112. The second-order valence-electron chi connectivity index (χ2n) is 2.42. The molecule has 13 heavy (non-hydrogen) atoms. The van der Waals surface area contributed by atoms with E-state index >= 15 is 0 Å². The maximum atomic E-state index is 11.4. The van der Waals surface area contributed by atoms with Gasteiger partial charge >= 0.3 is 0 Å². The molecular formula is C8H9NO3S. The maximum Gasteiger partial charge on any atom is 0.196 e. The number of nitrogens with zero attached hydrogens (tertiary/aromatic N) is 1. The van der Waals surface area contributed by atoms with Crippen molar-refractivity contribution < 1.29 is 13.2 Å². The molecule has 0 saturated carbocycles. The molecule has 0 atom stereocenters. The first-order valence-electron chi connectivity index (χ1n) is 3.74. The van der Waals surface area contributed by atoms with Crippen LogP contribution in [-0.2, 0) is 9.84 Å². The Morgan fingerprint density at radius 1 is 1.54 bits per heavy atom. The highest BCUT2D eigenvalue weighted by atomic mass is 32.2. The average molecular weight is 199 g/mol. The molecule has 0 aliphatic heterocycles. The van der Waals surface area contributed by atoms with E-state index in [4.69, 9.17) is 0 Å². The number of pyridine rings is 1. The zero-order valence-corrected chi connectivity index (χ0v) is 7.91. The predicted octanol–water partition coefficient (Wildman–Crippen LogP) is 0.688. The Balaban J connectivity index is 3.37. The van der Waals surface area contributed by atoms with Crippen molar-refractivity contribution in [1.82, 2.24) is 4.98 Å². The van der Waals surface area contributed by atoms with E-state index in [1.165, 1.54) is 25.3 Å². The SMILES string of the molecule is CCS(=O)(=O)c1ncccc1C=O. The Morgan fingerprint density at radius 2 is 2.23 bits per heavy atom. The number of hydrogen-bond acceptors (Lipinski definition) is 4. The fraction of sp³-hybridized carbons (Fsp3) is 0.250. The molecule has 1 heterocycles. The number of hydrogen-bond donors (Lipinski definition) is 0. The summed E-state index contributed by atoms with van der Waals surface area (Å²) < 4.78 is 22.7. The van der Waals surface area contributed by atoms with Gasteiger partial charge in [-0.3, -0.25) is 4.79 Å². The van der Waals surface area contributed by atoms with E-state index in [0.29, 0.717) is 6.29 Å². The molecule has 0 bridgehead atoms. The van der Waals surface area contributed by atoms with E-state index in [1.54, 1.807) is 0 Å². The minimum Gasteiger partial charge on any atom is -0.298 e. The fourth-order valence-electron chi connectivity index (χ4n) is 0.890. The van der Waals surface area contributed by atoms with Gasteiger partial charge in [-0.1, -0.05) is 6.92 Å². The molecule has 1 aromatic rings. The summed E-state index contributed by atoms with van der Waals surface area (Å²) in [5.74, 6) is -0.0507. The van der Waals surface area contributed by atoms with Crippen LogP contribution in [0.2, 0.25) is 0 Å². The lowest BCUT2D eigenvalue weighted by Crippen LogP contribution is -2.09. The minimum atomic E-state index is -3.38. The smallest absolute Gasteiger partial charge is 0.196 e. The summed E-state index contributed by atoms with van der Waals surface area (Å²) in [6, 6.07) is 2.96. The van der Waals surface area contributed by atoms with Gasteiger partial charge in [0, 0.05) is 6.20 Å². The van der Waals surface area contributed by atoms with Crippen molar-refractivity contribution in [2.75, 3.05) is 5.75 Å². The van der Waals surface area contributed by atoms with Crippen LogP contribution < -0.4 is 0 Å². The highest BCUT2D eigenvalue weighted by Gasteiger charge is 2.16. The quantitative estimate of drug-likeness (QED) is 0.672. The number of carbonyl (C=O) groups is 1. The third kappa shape index (κ3) is 1.92. The Hall–Kier alpha value is -1.23.